The van der Waals surface area contributed by atoms with Crippen LogP contribution in [0.25, 0.3) is 10.8 Å². The van der Waals surface area contributed by atoms with Gasteiger partial charge in [-0.3, -0.25) is 4.72 Å². The van der Waals surface area contributed by atoms with Gasteiger partial charge in [0.2, 0.25) is 0 Å². The first kappa shape index (κ1) is 17.8. The van der Waals surface area contributed by atoms with Gasteiger partial charge in [-0.05, 0) is 36.4 Å². The van der Waals surface area contributed by atoms with Crippen molar-refractivity contribution in [3.05, 3.63) is 35.5 Å². The number of thiophene rings is 1. The number of aromatic nitrogens is 2. The summed E-state index contributed by atoms with van der Waals surface area (Å²) in [7, 11) is -0.989. The number of nitrogens with zero attached hydrogens (tertiary/aromatic N) is 2. The molecule has 4 rings (SSSR count). The zero-order chi connectivity index (χ0) is 19.0. The fraction of sp³-hybridized carbons (Fsp3) is 0.294. The Kier molecular flexibility index (Phi) is 4.52. The number of hydrogen-bond donors (Lipinski definition) is 1. The third kappa shape index (κ3) is 3.50. The lowest BCUT2D eigenvalue weighted by molar-refractivity contribution is 0.386. The summed E-state index contributed by atoms with van der Waals surface area (Å²) >= 11 is 1.33. The SMILES string of the molecule is COc1ccc(S(=O)(=O)Nc2ccsc2-c2nc(C3CC3)no2)c(OC)c1. The minimum absolute atomic E-state index is 0.00662. The third-order valence-electron chi connectivity index (χ3n) is 4.15. The van der Waals surface area contributed by atoms with Crippen LogP contribution in [0.3, 0.4) is 0 Å². The van der Waals surface area contributed by atoms with Crippen LogP contribution in [0, 0.1) is 0 Å². The highest BCUT2D eigenvalue weighted by Crippen LogP contribution is 2.41. The van der Waals surface area contributed by atoms with Crippen LogP contribution in [0.4, 0.5) is 5.69 Å². The minimum Gasteiger partial charge on any atom is -0.497 e. The molecule has 1 aliphatic carbocycles. The van der Waals surface area contributed by atoms with Crippen molar-refractivity contribution in [2.24, 2.45) is 0 Å². The lowest BCUT2D eigenvalue weighted by Crippen LogP contribution is -2.14. The topological polar surface area (TPSA) is 104 Å². The van der Waals surface area contributed by atoms with E-state index < -0.39 is 10.0 Å². The van der Waals surface area contributed by atoms with E-state index in [-0.39, 0.29) is 10.6 Å². The van der Waals surface area contributed by atoms with Crippen molar-refractivity contribution in [1.29, 1.82) is 0 Å². The van der Waals surface area contributed by atoms with Gasteiger partial charge >= 0.3 is 0 Å². The van der Waals surface area contributed by atoms with Crippen molar-refractivity contribution in [3.63, 3.8) is 0 Å². The molecule has 0 spiro atoms. The monoisotopic (exact) mass is 407 g/mol. The maximum absolute atomic E-state index is 12.9. The molecule has 1 aliphatic rings. The van der Waals surface area contributed by atoms with E-state index in [1.807, 2.05) is 0 Å². The van der Waals surface area contributed by atoms with E-state index in [9.17, 15) is 8.42 Å². The molecule has 2 heterocycles. The van der Waals surface area contributed by atoms with Gasteiger partial charge in [-0.15, -0.1) is 11.3 Å². The number of hydrogen-bond acceptors (Lipinski definition) is 8. The Morgan fingerprint density at radius 3 is 2.74 bits per heavy atom. The smallest absolute Gasteiger partial charge is 0.270 e. The van der Waals surface area contributed by atoms with Gasteiger partial charge in [-0.1, -0.05) is 5.16 Å². The lowest BCUT2D eigenvalue weighted by atomic mass is 10.3. The number of benzene rings is 1. The van der Waals surface area contributed by atoms with E-state index in [1.165, 1.54) is 37.7 Å². The molecule has 2 aromatic heterocycles. The van der Waals surface area contributed by atoms with Gasteiger partial charge in [0, 0.05) is 12.0 Å². The van der Waals surface area contributed by atoms with Gasteiger partial charge in [0.1, 0.15) is 21.3 Å². The Morgan fingerprint density at radius 1 is 1.22 bits per heavy atom. The predicted octanol–water partition coefficient (Wildman–Crippen LogP) is 3.49. The molecule has 1 aromatic carbocycles. The summed E-state index contributed by atoms with van der Waals surface area (Å²) < 4.78 is 44.0. The molecule has 1 fully saturated rings. The molecule has 142 valence electrons. The van der Waals surface area contributed by atoms with E-state index in [4.69, 9.17) is 14.0 Å². The first-order chi connectivity index (χ1) is 13.0. The number of rotatable bonds is 7. The second-order valence-electron chi connectivity index (χ2n) is 6.02. The van der Waals surface area contributed by atoms with E-state index in [2.05, 4.69) is 14.9 Å². The number of ether oxygens (including phenoxy) is 2. The van der Waals surface area contributed by atoms with Crippen LogP contribution in [-0.2, 0) is 10.0 Å². The molecule has 10 heteroatoms. The molecule has 0 unspecified atom stereocenters. The molecule has 0 bridgehead atoms. The largest absolute Gasteiger partial charge is 0.497 e. The summed E-state index contributed by atoms with van der Waals surface area (Å²) in [6.07, 6.45) is 2.11. The average Bonchev–Trinajstić information content (AvgIpc) is 3.23. The zero-order valence-corrected chi connectivity index (χ0v) is 16.3. The molecule has 0 radical (unpaired) electrons. The van der Waals surface area contributed by atoms with Crippen LogP contribution < -0.4 is 14.2 Å². The van der Waals surface area contributed by atoms with Crippen LogP contribution >= 0.6 is 11.3 Å². The summed E-state index contributed by atoms with van der Waals surface area (Å²) in [5, 5.41) is 5.75. The Labute approximate surface area is 160 Å². The number of anilines is 1. The molecular weight excluding hydrogens is 390 g/mol. The predicted molar refractivity (Wildman–Crippen MR) is 99.9 cm³/mol. The van der Waals surface area contributed by atoms with Crippen molar-refractivity contribution >= 4 is 27.0 Å². The minimum atomic E-state index is -3.89. The Balaban J connectivity index is 1.65. The van der Waals surface area contributed by atoms with Crippen LogP contribution in [0.1, 0.15) is 24.6 Å². The summed E-state index contributed by atoms with van der Waals surface area (Å²) in [5.74, 6) is 2.02. The van der Waals surface area contributed by atoms with Crippen molar-refractivity contribution in [1.82, 2.24) is 10.1 Å². The normalized spacial score (nSPS) is 14.1. The first-order valence-electron chi connectivity index (χ1n) is 8.18. The highest BCUT2D eigenvalue weighted by Gasteiger charge is 2.30. The van der Waals surface area contributed by atoms with Gasteiger partial charge < -0.3 is 14.0 Å². The number of nitrogens with one attached hydrogen (secondary N) is 1. The first-order valence-corrected chi connectivity index (χ1v) is 10.5. The maximum Gasteiger partial charge on any atom is 0.270 e. The molecule has 1 saturated carbocycles. The number of sulfonamides is 1. The van der Waals surface area contributed by atoms with Crippen molar-refractivity contribution in [2.75, 3.05) is 18.9 Å². The Hall–Kier alpha value is -2.59. The Bertz CT molecular complexity index is 1070. The average molecular weight is 407 g/mol. The maximum atomic E-state index is 12.9. The van der Waals surface area contributed by atoms with E-state index >= 15 is 0 Å². The van der Waals surface area contributed by atoms with Crippen LogP contribution in [-0.4, -0.2) is 32.8 Å². The van der Waals surface area contributed by atoms with Crippen molar-refractivity contribution in [2.45, 2.75) is 23.7 Å². The lowest BCUT2D eigenvalue weighted by Gasteiger charge is -2.12. The molecular formula is C17H17N3O5S2. The van der Waals surface area contributed by atoms with Crippen molar-refractivity contribution in [3.8, 4) is 22.3 Å². The fourth-order valence-corrected chi connectivity index (χ4v) is 4.64. The van der Waals surface area contributed by atoms with Crippen LogP contribution in [0.5, 0.6) is 11.5 Å². The van der Waals surface area contributed by atoms with Crippen LogP contribution in [0.15, 0.2) is 39.1 Å². The van der Waals surface area contributed by atoms with E-state index in [0.717, 1.165) is 12.8 Å². The summed E-state index contributed by atoms with van der Waals surface area (Å²) in [6.45, 7) is 0. The van der Waals surface area contributed by atoms with Gasteiger partial charge in [-0.2, -0.15) is 4.98 Å². The van der Waals surface area contributed by atoms with Gasteiger partial charge in [-0.25, -0.2) is 8.42 Å². The zero-order valence-electron chi connectivity index (χ0n) is 14.6. The van der Waals surface area contributed by atoms with Gasteiger partial charge in [0.15, 0.2) is 5.82 Å². The standard InChI is InChI=1S/C17H17N3O5S2/c1-23-11-5-6-14(13(9-11)24-2)27(21,22)20-12-7-8-26-15(12)17-18-16(19-25-17)10-3-4-10/h5-10,20H,3-4H2,1-2H3. The summed E-state index contributed by atoms with van der Waals surface area (Å²) in [5.41, 5.74) is 0.379. The molecule has 27 heavy (non-hydrogen) atoms. The molecule has 0 atom stereocenters. The van der Waals surface area contributed by atoms with Crippen LogP contribution in [0.2, 0.25) is 0 Å². The summed E-state index contributed by atoms with van der Waals surface area (Å²) in [4.78, 5) is 4.97. The highest BCUT2D eigenvalue weighted by atomic mass is 32.2. The molecule has 0 aliphatic heterocycles. The fourth-order valence-electron chi connectivity index (χ4n) is 2.59. The molecule has 1 N–H and O–H groups in total. The van der Waals surface area contributed by atoms with Gasteiger partial charge in [0.05, 0.1) is 19.9 Å². The quantitative estimate of drug-likeness (QED) is 0.639. The van der Waals surface area contributed by atoms with Gasteiger partial charge in [0.25, 0.3) is 15.9 Å². The number of methoxy groups -OCH3 is 2. The second kappa shape index (κ2) is 6.86. The van der Waals surface area contributed by atoms with Crippen molar-refractivity contribution < 1.29 is 22.4 Å². The van der Waals surface area contributed by atoms with E-state index in [1.54, 1.807) is 17.5 Å². The van der Waals surface area contributed by atoms with E-state index in [0.29, 0.717) is 33.9 Å². The third-order valence-corrected chi connectivity index (χ3v) is 6.46. The molecule has 3 aromatic rings. The summed E-state index contributed by atoms with van der Waals surface area (Å²) in [6, 6.07) is 6.17. The molecule has 8 nitrogen and oxygen atoms in total. The second-order valence-corrected chi connectivity index (χ2v) is 8.58. The Morgan fingerprint density at radius 2 is 2.04 bits per heavy atom. The molecule has 0 amide bonds. The highest BCUT2D eigenvalue weighted by molar-refractivity contribution is 7.92. The molecule has 0 saturated heterocycles.